The van der Waals surface area contributed by atoms with E-state index in [0.29, 0.717) is 13.2 Å². The number of benzene rings is 1. The van der Waals surface area contributed by atoms with Gasteiger partial charge in [0.2, 0.25) is 0 Å². The van der Waals surface area contributed by atoms with Crippen molar-refractivity contribution >= 4 is 10.9 Å². The van der Waals surface area contributed by atoms with E-state index < -0.39 is 0 Å². The van der Waals surface area contributed by atoms with Gasteiger partial charge in [-0.05, 0) is 63.1 Å². The molecule has 2 rings (SSSR count). The van der Waals surface area contributed by atoms with Crippen molar-refractivity contribution in [3.63, 3.8) is 0 Å². The fraction of sp³-hybridized carbons (Fsp3) is 0.400. The van der Waals surface area contributed by atoms with Gasteiger partial charge in [0.1, 0.15) is 5.75 Å². The highest BCUT2D eigenvalue weighted by Gasteiger charge is 2.04. The van der Waals surface area contributed by atoms with Crippen LogP contribution in [0.5, 0.6) is 5.75 Å². The van der Waals surface area contributed by atoms with Gasteiger partial charge in [-0.3, -0.25) is 4.98 Å². The summed E-state index contributed by atoms with van der Waals surface area (Å²) in [5.41, 5.74) is 8.93. The molecular formula is C15H20N2O. The lowest BCUT2D eigenvalue weighted by Crippen LogP contribution is -2.02. The summed E-state index contributed by atoms with van der Waals surface area (Å²) >= 11 is 0. The molecule has 18 heavy (non-hydrogen) atoms. The molecule has 0 fully saturated rings. The van der Waals surface area contributed by atoms with Gasteiger partial charge >= 0.3 is 0 Å². The first-order valence-electron chi connectivity index (χ1n) is 6.47. The number of nitrogens with zero attached hydrogens (tertiary/aromatic N) is 1. The summed E-state index contributed by atoms with van der Waals surface area (Å²) in [6.45, 7) is 5.51. The highest BCUT2D eigenvalue weighted by atomic mass is 16.5. The third-order valence-corrected chi connectivity index (χ3v) is 2.99. The van der Waals surface area contributed by atoms with Gasteiger partial charge in [-0.1, -0.05) is 0 Å². The molecule has 0 bridgehead atoms. The van der Waals surface area contributed by atoms with Crippen molar-refractivity contribution in [2.75, 3.05) is 13.2 Å². The fourth-order valence-corrected chi connectivity index (χ4v) is 2.11. The molecule has 1 aromatic carbocycles. The summed E-state index contributed by atoms with van der Waals surface area (Å²) in [7, 11) is 0. The van der Waals surface area contributed by atoms with Crippen molar-refractivity contribution in [3.05, 3.63) is 35.5 Å². The Morgan fingerprint density at radius 2 is 2.11 bits per heavy atom. The van der Waals surface area contributed by atoms with Crippen LogP contribution >= 0.6 is 0 Å². The Morgan fingerprint density at radius 3 is 2.83 bits per heavy atom. The Kier molecular flexibility index (Phi) is 4.15. The second kappa shape index (κ2) is 5.83. The zero-order valence-corrected chi connectivity index (χ0v) is 11.1. The van der Waals surface area contributed by atoms with E-state index in [9.17, 15) is 0 Å². The largest absolute Gasteiger partial charge is 0.494 e. The molecule has 2 N–H and O–H groups in total. The molecule has 0 aliphatic rings. The molecule has 1 heterocycles. The first-order valence-corrected chi connectivity index (χ1v) is 6.47. The molecule has 0 radical (unpaired) electrons. The molecule has 0 atom stereocenters. The van der Waals surface area contributed by atoms with Crippen LogP contribution in [0.3, 0.4) is 0 Å². The third kappa shape index (κ3) is 2.79. The second-order valence-corrected chi connectivity index (χ2v) is 4.43. The van der Waals surface area contributed by atoms with Crippen molar-refractivity contribution in [3.8, 4) is 5.75 Å². The highest BCUT2D eigenvalue weighted by Crippen LogP contribution is 2.23. The predicted octanol–water partition coefficient (Wildman–Crippen LogP) is 2.83. The number of hydrogen-bond donors (Lipinski definition) is 1. The normalized spacial score (nSPS) is 10.8. The maximum Gasteiger partial charge on any atom is 0.120 e. The zero-order valence-electron chi connectivity index (χ0n) is 11.1. The smallest absolute Gasteiger partial charge is 0.120 e. The van der Waals surface area contributed by atoms with Gasteiger partial charge in [0.05, 0.1) is 12.1 Å². The molecule has 0 unspecified atom stereocenters. The van der Waals surface area contributed by atoms with E-state index in [-0.39, 0.29) is 0 Å². The molecule has 3 heteroatoms. The SMILES string of the molecule is CCOc1ccc2nc(CCCN)cc(C)c2c1. The molecule has 0 amide bonds. The van der Waals surface area contributed by atoms with Gasteiger partial charge in [0.25, 0.3) is 0 Å². The fourth-order valence-electron chi connectivity index (χ4n) is 2.11. The quantitative estimate of drug-likeness (QED) is 0.879. The van der Waals surface area contributed by atoms with Gasteiger partial charge in [-0.15, -0.1) is 0 Å². The van der Waals surface area contributed by atoms with E-state index >= 15 is 0 Å². The first-order chi connectivity index (χ1) is 8.74. The topological polar surface area (TPSA) is 48.1 Å². The molecule has 0 saturated carbocycles. The number of aryl methyl sites for hydroxylation is 2. The maximum absolute atomic E-state index is 5.54. The van der Waals surface area contributed by atoms with Gasteiger partial charge in [0.15, 0.2) is 0 Å². The lowest BCUT2D eigenvalue weighted by Gasteiger charge is -2.08. The number of aromatic nitrogens is 1. The average molecular weight is 244 g/mol. The van der Waals surface area contributed by atoms with E-state index in [1.807, 2.05) is 19.1 Å². The molecular weight excluding hydrogens is 224 g/mol. The Labute approximate surface area is 108 Å². The van der Waals surface area contributed by atoms with E-state index in [4.69, 9.17) is 10.5 Å². The van der Waals surface area contributed by atoms with Gasteiger partial charge < -0.3 is 10.5 Å². The second-order valence-electron chi connectivity index (χ2n) is 4.43. The van der Waals surface area contributed by atoms with E-state index in [1.54, 1.807) is 0 Å². The number of ether oxygens (including phenoxy) is 1. The standard InChI is InChI=1S/C15H20N2O/c1-3-18-13-6-7-15-14(10-13)11(2)9-12(17-15)5-4-8-16/h6-7,9-10H,3-5,8,16H2,1-2H3. The number of rotatable bonds is 5. The van der Waals surface area contributed by atoms with Gasteiger partial charge in [-0.25, -0.2) is 0 Å². The van der Waals surface area contributed by atoms with Gasteiger partial charge in [0, 0.05) is 11.1 Å². The monoisotopic (exact) mass is 244 g/mol. The Morgan fingerprint density at radius 1 is 1.28 bits per heavy atom. The van der Waals surface area contributed by atoms with Crippen molar-refractivity contribution in [1.82, 2.24) is 4.98 Å². The van der Waals surface area contributed by atoms with Crippen LogP contribution in [0, 0.1) is 6.92 Å². The van der Waals surface area contributed by atoms with Crippen molar-refractivity contribution < 1.29 is 4.74 Å². The molecule has 96 valence electrons. The molecule has 3 nitrogen and oxygen atoms in total. The molecule has 1 aromatic heterocycles. The summed E-state index contributed by atoms with van der Waals surface area (Å²) in [5.74, 6) is 0.907. The van der Waals surface area contributed by atoms with Crippen molar-refractivity contribution in [1.29, 1.82) is 0 Å². The van der Waals surface area contributed by atoms with Crippen LogP contribution in [0.15, 0.2) is 24.3 Å². The van der Waals surface area contributed by atoms with Gasteiger partial charge in [-0.2, -0.15) is 0 Å². The van der Waals surface area contributed by atoms with Crippen LogP contribution in [0.2, 0.25) is 0 Å². The Hall–Kier alpha value is -1.61. The average Bonchev–Trinajstić information content (AvgIpc) is 2.37. The highest BCUT2D eigenvalue weighted by molar-refractivity contribution is 5.83. The van der Waals surface area contributed by atoms with Crippen LogP contribution in [0.1, 0.15) is 24.6 Å². The minimum Gasteiger partial charge on any atom is -0.494 e. The molecule has 0 aliphatic carbocycles. The van der Waals surface area contributed by atoms with Crippen LogP contribution < -0.4 is 10.5 Å². The third-order valence-electron chi connectivity index (χ3n) is 2.99. The molecule has 0 aliphatic heterocycles. The van der Waals surface area contributed by atoms with E-state index in [0.717, 1.165) is 35.2 Å². The maximum atomic E-state index is 5.54. The summed E-state index contributed by atoms with van der Waals surface area (Å²) in [4.78, 5) is 4.66. The van der Waals surface area contributed by atoms with E-state index in [2.05, 4.69) is 24.0 Å². The summed E-state index contributed by atoms with van der Waals surface area (Å²) < 4.78 is 5.52. The van der Waals surface area contributed by atoms with Crippen molar-refractivity contribution in [2.24, 2.45) is 5.73 Å². The van der Waals surface area contributed by atoms with Crippen molar-refractivity contribution in [2.45, 2.75) is 26.7 Å². The zero-order chi connectivity index (χ0) is 13.0. The first kappa shape index (κ1) is 12.8. The van der Waals surface area contributed by atoms with Crippen LogP contribution in [0.25, 0.3) is 10.9 Å². The molecule has 2 aromatic rings. The Balaban J connectivity index is 2.38. The number of nitrogens with two attached hydrogens (primary N) is 1. The number of fused-ring (bicyclic) bond motifs is 1. The summed E-state index contributed by atoms with van der Waals surface area (Å²) in [6.07, 6.45) is 1.93. The molecule has 0 saturated heterocycles. The van der Waals surface area contributed by atoms with Crippen LogP contribution in [-0.2, 0) is 6.42 Å². The minimum absolute atomic E-state index is 0.687. The lowest BCUT2D eigenvalue weighted by molar-refractivity contribution is 0.340. The van der Waals surface area contributed by atoms with Crippen LogP contribution in [0.4, 0.5) is 0 Å². The van der Waals surface area contributed by atoms with E-state index in [1.165, 1.54) is 5.56 Å². The summed E-state index contributed by atoms with van der Waals surface area (Å²) in [6, 6.07) is 8.21. The predicted molar refractivity (Wildman–Crippen MR) is 75.0 cm³/mol. The lowest BCUT2D eigenvalue weighted by atomic mass is 10.1. The number of hydrogen-bond acceptors (Lipinski definition) is 3. The Bertz CT molecular complexity index is 537. The summed E-state index contributed by atoms with van der Waals surface area (Å²) in [5, 5.41) is 1.16. The van der Waals surface area contributed by atoms with Crippen LogP contribution in [-0.4, -0.2) is 18.1 Å². The minimum atomic E-state index is 0.687. The molecule has 0 spiro atoms. The number of pyridine rings is 1.